The van der Waals surface area contributed by atoms with Gasteiger partial charge in [-0.25, -0.2) is 22.4 Å². The highest BCUT2D eigenvalue weighted by Crippen LogP contribution is 2.47. The van der Waals surface area contributed by atoms with Crippen LogP contribution in [0.15, 0.2) is 36.4 Å². The quantitative estimate of drug-likeness (QED) is 0.311. The van der Waals surface area contributed by atoms with Crippen LogP contribution in [0.3, 0.4) is 0 Å². The predicted octanol–water partition coefficient (Wildman–Crippen LogP) is 4.06. The minimum atomic E-state index is -4.06. The lowest BCUT2D eigenvalue weighted by Gasteiger charge is -2.33. The standard InChI is InChI=1S/C36H50FN5O9S/c1-21-9-7-8-10-23-19-36(23,31(45)40-52(49,50)35(6)15-16-35)39-29(43)27-18-26(42(33(47)48)25-13-11-24(37)12-14-25)20-41(27)30(44)28(22(2)17-21)38-32(46)51-34(3,4)5/h8,10-14,21-23,26-28H,7,9,15-20H2,1-6H3,(H,38,46)(H,39,43)(H,40,45)(H,47,48)/t21?,22-,23-,26-,27+,28+,36-/m1/s1. The maximum Gasteiger partial charge on any atom is 0.412 e. The number of sulfonamides is 1. The SMILES string of the molecule is CC1CCC=C[C@@H]2C[C@@]2(C(=O)NS(=O)(=O)C2(C)CC2)NC(=O)[C@@H]2C[C@@H](N(C(=O)O)c3ccc(F)cc3)CN2C(=O)[C@@H](NC(=O)OC(C)(C)C)[C@H](C)C1. The average molecular weight is 748 g/mol. The second-order valence-corrected chi connectivity index (χ2v) is 18.3. The zero-order valence-electron chi connectivity index (χ0n) is 30.5. The number of rotatable bonds is 6. The topological polar surface area (TPSA) is 192 Å². The van der Waals surface area contributed by atoms with E-state index in [2.05, 4.69) is 15.4 Å². The molecule has 1 unspecified atom stereocenters. The highest BCUT2D eigenvalue weighted by molar-refractivity contribution is 7.91. The van der Waals surface area contributed by atoms with Gasteiger partial charge in [-0.1, -0.05) is 26.0 Å². The summed E-state index contributed by atoms with van der Waals surface area (Å²) >= 11 is 0. The molecular weight excluding hydrogens is 697 g/mol. The van der Waals surface area contributed by atoms with Gasteiger partial charge in [-0.15, -0.1) is 0 Å². The number of allylic oxidation sites excluding steroid dienone is 1. The molecule has 0 radical (unpaired) electrons. The Hall–Kier alpha value is -4.21. The van der Waals surface area contributed by atoms with E-state index in [1.54, 1.807) is 33.8 Å². The summed E-state index contributed by atoms with van der Waals surface area (Å²) in [4.78, 5) is 70.8. The minimum absolute atomic E-state index is 0.0834. The first-order valence-electron chi connectivity index (χ1n) is 17.8. The van der Waals surface area contributed by atoms with Crippen LogP contribution < -0.4 is 20.3 Å². The van der Waals surface area contributed by atoms with Gasteiger partial charge in [-0.05, 0) is 109 Å². The molecule has 2 aliphatic carbocycles. The molecule has 3 fully saturated rings. The van der Waals surface area contributed by atoms with Crippen molar-refractivity contribution in [1.29, 1.82) is 0 Å². The van der Waals surface area contributed by atoms with E-state index >= 15 is 0 Å². The van der Waals surface area contributed by atoms with E-state index in [-0.39, 0.29) is 31.0 Å². The van der Waals surface area contributed by atoms with E-state index < -0.39 is 91.6 Å². The Morgan fingerprint density at radius 2 is 1.75 bits per heavy atom. The molecule has 1 aromatic carbocycles. The number of carbonyl (C=O) groups is 5. The Bertz CT molecular complexity index is 1730. The van der Waals surface area contributed by atoms with Gasteiger partial charge in [0.25, 0.3) is 5.91 Å². The van der Waals surface area contributed by atoms with Gasteiger partial charge in [0.15, 0.2) is 0 Å². The molecule has 2 heterocycles. The molecule has 7 atom stereocenters. The van der Waals surface area contributed by atoms with Gasteiger partial charge in [0.1, 0.15) is 29.0 Å². The number of hydrogen-bond acceptors (Lipinski definition) is 8. The van der Waals surface area contributed by atoms with Gasteiger partial charge < -0.3 is 25.4 Å². The van der Waals surface area contributed by atoms with Crippen LogP contribution >= 0.6 is 0 Å². The number of ether oxygens (including phenoxy) is 1. The minimum Gasteiger partial charge on any atom is -0.465 e. The smallest absolute Gasteiger partial charge is 0.412 e. The average Bonchev–Trinajstić information content (AvgIpc) is 3.91. The molecule has 14 nitrogen and oxygen atoms in total. The first-order chi connectivity index (χ1) is 24.2. The predicted molar refractivity (Wildman–Crippen MR) is 189 cm³/mol. The normalized spacial score (nSPS) is 30.4. The summed E-state index contributed by atoms with van der Waals surface area (Å²) in [6, 6.07) is 1.25. The molecule has 5 rings (SSSR count). The monoisotopic (exact) mass is 747 g/mol. The zero-order valence-corrected chi connectivity index (χ0v) is 31.3. The number of hydrogen-bond donors (Lipinski definition) is 4. The molecule has 1 aromatic rings. The molecule has 0 bridgehead atoms. The maximum atomic E-state index is 14.6. The number of anilines is 1. The fourth-order valence-corrected chi connectivity index (χ4v) is 8.54. The van der Waals surface area contributed by atoms with Gasteiger partial charge in [0.2, 0.25) is 21.8 Å². The summed E-state index contributed by atoms with van der Waals surface area (Å²) in [6.07, 6.45) is 3.98. The fraction of sp³-hybridized carbons (Fsp3) is 0.639. The van der Waals surface area contributed by atoms with Crippen LogP contribution in [0, 0.1) is 23.6 Å². The summed E-state index contributed by atoms with van der Waals surface area (Å²) in [6.45, 7) is 10.1. The van der Waals surface area contributed by atoms with Gasteiger partial charge in [0.05, 0.1) is 10.8 Å². The molecule has 16 heteroatoms. The zero-order chi connectivity index (χ0) is 38.4. The van der Waals surface area contributed by atoms with Crippen molar-refractivity contribution in [2.75, 3.05) is 11.4 Å². The molecule has 4 N–H and O–H groups in total. The summed E-state index contributed by atoms with van der Waals surface area (Å²) in [5, 5.41) is 15.8. The van der Waals surface area contributed by atoms with E-state index in [9.17, 15) is 41.9 Å². The molecular formula is C36H50FN5O9S. The molecule has 1 saturated heterocycles. The van der Waals surface area contributed by atoms with Crippen LogP contribution in [0.4, 0.5) is 19.7 Å². The van der Waals surface area contributed by atoms with Crippen molar-refractivity contribution in [2.45, 2.75) is 121 Å². The van der Waals surface area contributed by atoms with Crippen LogP contribution in [-0.2, 0) is 29.1 Å². The van der Waals surface area contributed by atoms with E-state index in [0.717, 1.165) is 17.0 Å². The second-order valence-electron chi connectivity index (χ2n) is 16.1. The van der Waals surface area contributed by atoms with Crippen molar-refractivity contribution in [1.82, 2.24) is 20.3 Å². The Morgan fingerprint density at radius 3 is 2.35 bits per heavy atom. The van der Waals surface area contributed by atoms with Crippen LogP contribution in [0.25, 0.3) is 0 Å². The number of fused-ring (bicyclic) bond motifs is 2. The summed E-state index contributed by atoms with van der Waals surface area (Å²) in [7, 11) is -4.06. The van der Waals surface area contributed by atoms with Crippen molar-refractivity contribution in [3.05, 3.63) is 42.2 Å². The molecule has 5 amide bonds. The second kappa shape index (κ2) is 14.3. The van der Waals surface area contributed by atoms with Crippen molar-refractivity contribution in [2.24, 2.45) is 17.8 Å². The highest BCUT2D eigenvalue weighted by atomic mass is 32.2. The lowest BCUT2D eigenvalue weighted by molar-refractivity contribution is -0.142. The summed E-state index contributed by atoms with van der Waals surface area (Å²) < 4.78 is 46.6. The number of alkyl carbamates (subject to hydrolysis) is 1. The highest BCUT2D eigenvalue weighted by Gasteiger charge is 2.63. The van der Waals surface area contributed by atoms with Crippen molar-refractivity contribution in [3.63, 3.8) is 0 Å². The third-order valence-electron chi connectivity index (χ3n) is 10.6. The first kappa shape index (κ1) is 39.0. The van der Waals surface area contributed by atoms with Gasteiger partial charge >= 0.3 is 12.2 Å². The van der Waals surface area contributed by atoms with Gasteiger partial charge in [0, 0.05) is 18.2 Å². The number of benzene rings is 1. The summed E-state index contributed by atoms with van der Waals surface area (Å²) in [5.41, 5.74) is -2.40. The van der Waals surface area contributed by atoms with Crippen molar-refractivity contribution in [3.8, 4) is 0 Å². The molecule has 52 heavy (non-hydrogen) atoms. The number of halogens is 1. The third-order valence-corrected chi connectivity index (χ3v) is 12.8. The Labute approximate surface area is 303 Å². The van der Waals surface area contributed by atoms with E-state index in [0.29, 0.717) is 32.1 Å². The lowest BCUT2D eigenvalue weighted by Crippen LogP contribution is -2.59. The number of nitrogens with zero attached hydrogens (tertiary/aromatic N) is 2. The van der Waals surface area contributed by atoms with Gasteiger partial charge in [-0.2, -0.15) is 0 Å². The molecule has 0 spiro atoms. The molecule has 286 valence electrons. The number of nitrogens with one attached hydrogen (secondary N) is 3. The molecule has 2 aliphatic heterocycles. The van der Waals surface area contributed by atoms with Crippen LogP contribution in [0.1, 0.15) is 86.5 Å². The lowest BCUT2D eigenvalue weighted by atomic mass is 9.88. The van der Waals surface area contributed by atoms with Crippen molar-refractivity contribution >= 4 is 45.6 Å². The van der Waals surface area contributed by atoms with E-state index in [1.165, 1.54) is 17.0 Å². The summed E-state index contributed by atoms with van der Waals surface area (Å²) in [5.74, 6) is -3.80. The van der Waals surface area contributed by atoms with Crippen molar-refractivity contribution < 1.29 is 46.6 Å². The largest absolute Gasteiger partial charge is 0.465 e. The van der Waals surface area contributed by atoms with Crippen LogP contribution in [-0.4, -0.2) is 88.9 Å². The van der Waals surface area contributed by atoms with Crippen LogP contribution in [0.5, 0.6) is 0 Å². The van der Waals surface area contributed by atoms with Crippen LogP contribution in [0.2, 0.25) is 0 Å². The number of amides is 5. The molecule has 0 aromatic heterocycles. The Kier molecular flexibility index (Phi) is 10.7. The Morgan fingerprint density at radius 1 is 1.10 bits per heavy atom. The van der Waals surface area contributed by atoms with E-state index in [4.69, 9.17) is 4.74 Å². The number of carbonyl (C=O) groups excluding carboxylic acids is 4. The van der Waals surface area contributed by atoms with Gasteiger partial charge in [-0.3, -0.25) is 24.0 Å². The molecule has 2 saturated carbocycles. The Balaban J connectivity index is 1.54. The maximum absolute atomic E-state index is 14.6. The molecule has 4 aliphatic rings. The fourth-order valence-electron chi connectivity index (χ4n) is 7.23. The number of carboxylic acid groups (broad SMARTS) is 1. The third kappa shape index (κ3) is 8.37. The van der Waals surface area contributed by atoms with E-state index in [1.807, 2.05) is 19.9 Å². The first-order valence-corrected chi connectivity index (χ1v) is 19.3.